The summed E-state index contributed by atoms with van der Waals surface area (Å²) < 4.78 is 0. The number of nitrogens with one attached hydrogen (secondary N) is 1. The Hall–Kier alpha value is -7.18. The fourth-order valence-corrected chi connectivity index (χ4v) is 7.27. The summed E-state index contributed by atoms with van der Waals surface area (Å²) in [6.45, 7) is 1.46. The van der Waals surface area contributed by atoms with Gasteiger partial charge in [-0.25, -0.2) is 15.0 Å². The third-order valence-corrected chi connectivity index (χ3v) is 10.3. The predicted molar refractivity (Wildman–Crippen MR) is 233 cm³/mol. The third kappa shape index (κ3) is 7.33. The van der Waals surface area contributed by atoms with Gasteiger partial charge in [0.1, 0.15) is 0 Å². The zero-order valence-corrected chi connectivity index (χ0v) is 31.2. The molecule has 0 radical (unpaired) electrons. The minimum atomic E-state index is 0.651. The first kappa shape index (κ1) is 34.6. The fraction of sp³-hybridized carbons (Fsp3) is 0.0800. The van der Waals surface area contributed by atoms with Gasteiger partial charge < -0.3 is 10.2 Å². The molecule has 0 saturated heterocycles. The molecule has 2 aliphatic rings. The van der Waals surface area contributed by atoms with Crippen molar-refractivity contribution in [3.05, 3.63) is 188 Å². The Morgan fingerprint density at radius 2 is 1.11 bits per heavy atom. The molecular formula is C50H40N6. The molecule has 3 heterocycles. The molecule has 0 bridgehead atoms. The van der Waals surface area contributed by atoms with Gasteiger partial charge in [-0.05, 0) is 88.0 Å². The number of nitrogens with zero attached hydrogens (tertiary/aromatic N) is 5. The second kappa shape index (κ2) is 15.7. The van der Waals surface area contributed by atoms with E-state index >= 15 is 0 Å². The van der Waals surface area contributed by atoms with E-state index in [1.807, 2.05) is 24.6 Å². The molecule has 0 fully saturated rings. The van der Waals surface area contributed by atoms with Crippen molar-refractivity contribution >= 4 is 28.7 Å². The molecule has 6 aromatic carbocycles. The largest absolute Gasteiger partial charge is 0.387 e. The first-order valence-corrected chi connectivity index (χ1v) is 19.0. The number of aliphatic imine (C=N–C) groups is 1. The van der Waals surface area contributed by atoms with Crippen molar-refractivity contribution in [2.45, 2.75) is 6.42 Å². The highest BCUT2D eigenvalue weighted by atomic mass is 15.1. The van der Waals surface area contributed by atoms with Gasteiger partial charge in [0.05, 0.1) is 0 Å². The molecular weight excluding hydrogens is 685 g/mol. The van der Waals surface area contributed by atoms with Gasteiger partial charge in [0.2, 0.25) is 0 Å². The van der Waals surface area contributed by atoms with Gasteiger partial charge in [0.25, 0.3) is 0 Å². The predicted octanol–water partition coefficient (Wildman–Crippen LogP) is 11.3. The maximum atomic E-state index is 4.99. The van der Waals surface area contributed by atoms with E-state index in [2.05, 4.69) is 180 Å². The Morgan fingerprint density at radius 3 is 1.75 bits per heavy atom. The monoisotopic (exact) mass is 724 g/mol. The Balaban J connectivity index is 1.12. The summed E-state index contributed by atoms with van der Waals surface area (Å²) in [6, 6.07) is 54.0. The molecule has 9 rings (SSSR count). The molecule has 7 aromatic rings. The Labute approximate surface area is 328 Å². The fourth-order valence-electron chi connectivity index (χ4n) is 7.27. The molecule has 56 heavy (non-hydrogen) atoms. The summed E-state index contributed by atoms with van der Waals surface area (Å²) in [7, 11) is 2.16. The molecule has 0 spiro atoms. The van der Waals surface area contributed by atoms with Gasteiger partial charge >= 0.3 is 0 Å². The molecule has 2 aliphatic heterocycles. The standard InChI is InChI=1S/C50H40N6/c1-56(47-15-9-8-14-46(47)39-12-6-3-7-13-39)45-33-43(37-18-16-36(17-19-37)35-10-4-2-5-11-35)32-44(34-45)38-20-22-40(23-21-38)48-53-49(41-24-28-51-29-25-41)55-50(54-48)42-26-30-52-31-27-42/h2-26,28,30,32-34,51H,27,29,31H2,1H3. The Bertz CT molecular complexity index is 2620. The van der Waals surface area contributed by atoms with Crippen LogP contribution in [0.3, 0.4) is 0 Å². The van der Waals surface area contributed by atoms with Gasteiger partial charge in [-0.2, -0.15) is 0 Å². The maximum absolute atomic E-state index is 4.99. The van der Waals surface area contributed by atoms with Crippen LogP contribution in [0.25, 0.3) is 67.0 Å². The molecule has 0 amide bonds. The quantitative estimate of drug-likeness (QED) is 0.161. The minimum Gasteiger partial charge on any atom is -0.387 e. The van der Waals surface area contributed by atoms with Gasteiger partial charge in [-0.3, -0.25) is 4.99 Å². The molecule has 6 heteroatoms. The molecule has 1 aromatic heterocycles. The van der Waals surface area contributed by atoms with E-state index in [-0.39, 0.29) is 0 Å². The summed E-state index contributed by atoms with van der Waals surface area (Å²) in [6.07, 6.45) is 10.7. The SMILES string of the molecule is CN(c1cc(-c2ccc(-c3ccccc3)cc2)cc(-c2ccc(-c3nc(C4=CCNC=C4)nc(C4=CC=NCC4)n3)cc2)c1)c1ccccc1-c1ccccc1. The molecule has 6 nitrogen and oxygen atoms in total. The van der Waals surface area contributed by atoms with E-state index < -0.39 is 0 Å². The number of para-hydroxylation sites is 1. The van der Waals surface area contributed by atoms with E-state index in [1.54, 1.807) is 0 Å². The van der Waals surface area contributed by atoms with Crippen LogP contribution in [0.15, 0.2) is 181 Å². The van der Waals surface area contributed by atoms with E-state index in [1.165, 1.54) is 22.3 Å². The normalized spacial score (nSPS) is 13.4. The number of aromatic nitrogens is 3. The zero-order valence-electron chi connectivity index (χ0n) is 31.2. The van der Waals surface area contributed by atoms with E-state index in [0.29, 0.717) is 17.5 Å². The lowest BCUT2D eigenvalue weighted by Gasteiger charge is -2.24. The molecule has 0 atom stereocenters. The molecule has 0 aliphatic carbocycles. The zero-order chi connectivity index (χ0) is 37.7. The number of hydrogen-bond donors (Lipinski definition) is 1. The number of hydrogen-bond acceptors (Lipinski definition) is 6. The average molecular weight is 725 g/mol. The summed E-state index contributed by atoms with van der Waals surface area (Å²) in [4.78, 5) is 21.5. The smallest absolute Gasteiger partial charge is 0.164 e. The molecule has 0 unspecified atom stereocenters. The summed E-state index contributed by atoms with van der Waals surface area (Å²) in [5.74, 6) is 2.02. The van der Waals surface area contributed by atoms with Crippen molar-refractivity contribution in [1.82, 2.24) is 20.3 Å². The third-order valence-electron chi connectivity index (χ3n) is 10.3. The molecule has 270 valence electrons. The number of anilines is 2. The second-order valence-corrected chi connectivity index (χ2v) is 13.9. The Kier molecular flexibility index (Phi) is 9.67. The van der Waals surface area contributed by atoms with E-state index in [9.17, 15) is 0 Å². The van der Waals surface area contributed by atoms with Gasteiger partial charge in [0.15, 0.2) is 17.5 Å². The van der Waals surface area contributed by atoms with Crippen LogP contribution in [0.5, 0.6) is 0 Å². The lowest BCUT2D eigenvalue weighted by molar-refractivity contribution is 0.939. The Morgan fingerprint density at radius 1 is 0.536 bits per heavy atom. The number of allylic oxidation sites excluding steroid dienone is 3. The van der Waals surface area contributed by atoms with Gasteiger partial charge in [-0.15, -0.1) is 0 Å². The minimum absolute atomic E-state index is 0.651. The molecule has 0 saturated carbocycles. The lowest BCUT2D eigenvalue weighted by Crippen LogP contribution is -2.11. The number of rotatable bonds is 9. The highest BCUT2D eigenvalue weighted by Gasteiger charge is 2.17. The van der Waals surface area contributed by atoms with Crippen LogP contribution in [-0.2, 0) is 0 Å². The molecule has 1 N–H and O–H groups in total. The van der Waals surface area contributed by atoms with E-state index in [0.717, 1.165) is 69.8 Å². The number of benzene rings is 6. The summed E-state index contributed by atoms with van der Waals surface area (Å²) in [5, 5.41) is 3.22. The van der Waals surface area contributed by atoms with Crippen LogP contribution in [0.4, 0.5) is 11.4 Å². The topological polar surface area (TPSA) is 66.3 Å². The first-order valence-electron chi connectivity index (χ1n) is 19.0. The van der Waals surface area contributed by atoms with Crippen LogP contribution < -0.4 is 10.2 Å². The second-order valence-electron chi connectivity index (χ2n) is 13.9. The van der Waals surface area contributed by atoms with Crippen LogP contribution in [0, 0.1) is 0 Å². The van der Waals surface area contributed by atoms with Crippen molar-refractivity contribution in [2.24, 2.45) is 4.99 Å². The first-order chi connectivity index (χ1) is 27.7. The van der Waals surface area contributed by atoms with Crippen molar-refractivity contribution in [3.63, 3.8) is 0 Å². The van der Waals surface area contributed by atoms with Crippen molar-refractivity contribution in [2.75, 3.05) is 25.0 Å². The van der Waals surface area contributed by atoms with Gasteiger partial charge in [-0.1, -0.05) is 133 Å². The lowest BCUT2D eigenvalue weighted by atomic mass is 9.95. The van der Waals surface area contributed by atoms with Crippen molar-refractivity contribution < 1.29 is 0 Å². The van der Waals surface area contributed by atoms with Crippen molar-refractivity contribution in [1.29, 1.82) is 0 Å². The van der Waals surface area contributed by atoms with Crippen LogP contribution in [-0.4, -0.2) is 41.3 Å². The maximum Gasteiger partial charge on any atom is 0.164 e. The van der Waals surface area contributed by atoms with Crippen LogP contribution in [0.2, 0.25) is 0 Å². The average Bonchev–Trinajstić information content (AvgIpc) is 3.30. The van der Waals surface area contributed by atoms with Crippen molar-refractivity contribution in [3.8, 4) is 55.9 Å². The highest BCUT2D eigenvalue weighted by molar-refractivity contribution is 5.87. The van der Waals surface area contributed by atoms with Crippen LogP contribution >= 0.6 is 0 Å². The number of dihydropyridines is 2. The van der Waals surface area contributed by atoms with Gasteiger partial charge in [0, 0.05) is 60.0 Å². The summed E-state index contributed by atoms with van der Waals surface area (Å²) >= 11 is 0. The van der Waals surface area contributed by atoms with Crippen LogP contribution in [0.1, 0.15) is 18.1 Å². The summed E-state index contributed by atoms with van der Waals surface area (Å²) in [5.41, 5.74) is 14.5. The van der Waals surface area contributed by atoms with E-state index in [4.69, 9.17) is 15.0 Å². The highest BCUT2D eigenvalue weighted by Crippen LogP contribution is 2.39.